The molecule has 0 fully saturated rings. The molecule has 3 heteroatoms. The first-order chi connectivity index (χ1) is 11.5. The van der Waals surface area contributed by atoms with Crippen molar-refractivity contribution in [1.29, 1.82) is 0 Å². The Balaban J connectivity index is 4.52. The highest BCUT2D eigenvalue weighted by Gasteiger charge is 2.01. The number of aliphatic hydroxyl groups excluding tert-OH is 1. The third kappa shape index (κ3) is 13.0. The Hall–Kier alpha value is -1.48. The Morgan fingerprint density at radius 2 is 1.67 bits per heavy atom. The maximum Gasteiger partial charge on any atom is 0.0854 e. The predicted molar refractivity (Wildman–Crippen MR) is 105 cm³/mol. The molecule has 0 rings (SSSR count). The van der Waals surface area contributed by atoms with E-state index in [9.17, 15) is 4.91 Å². The molecule has 0 unspecified atom stereocenters. The summed E-state index contributed by atoms with van der Waals surface area (Å²) in [5.74, 6) is 0. The summed E-state index contributed by atoms with van der Waals surface area (Å²) in [7, 11) is 0. The minimum absolute atomic E-state index is 0.00741. The summed E-state index contributed by atoms with van der Waals surface area (Å²) < 4.78 is 0. The van der Waals surface area contributed by atoms with Crippen molar-refractivity contribution in [2.75, 3.05) is 6.61 Å². The molecule has 136 valence electrons. The van der Waals surface area contributed by atoms with Crippen LogP contribution in [0.1, 0.15) is 79.1 Å². The second kappa shape index (κ2) is 15.1. The summed E-state index contributed by atoms with van der Waals surface area (Å²) in [4.78, 5) is 11.1. The first kappa shape index (κ1) is 22.5. The van der Waals surface area contributed by atoms with Crippen LogP contribution in [0.15, 0.2) is 51.9 Å². The Bertz CT molecular complexity index is 466. The van der Waals surface area contributed by atoms with E-state index in [1.807, 2.05) is 6.08 Å². The topological polar surface area (TPSA) is 49.7 Å². The molecule has 0 amide bonds. The molecule has 0 saturated carbocycles. The number of nitrogens with zero attached hydrogens (tertiary/aromatic N) is 1. The van der Waals surface area contributed by atoms with Crippen LogP contribution in [0, 0.1) is 4.91 Å². The van der Waals surface area contributed by atoms with Gasteiger partial charge < -0.3 is 5.11 Å². The monoisotopic (exact) mass is 333 g/mol. The number of allylic oxidation sites excluding steroid dienone is 7. The summed E-state index contributed by atoms with van der Waals surface area (Å²) in [6, 6.07) is 0. The Labute approximate surface area is 148 Å². The molecule has 0 aliphatic heterocycles. The second-order valence-corrected chi connectivity index (χ2v) is 6.55. The van der Waals surface area contributed by atoms with Gasteiger partial charge in [0.1, 0.15) is 0 Å². The largest absolute Gasteiger partial charge is 0.392 e. The molecule has 0 aliphatic carbocycles. The Kier molecular flexibility index (Phi) is 14.1. The lowest BCUT2D eigenvalue weighted by Gasteiger charge is -2.04. The molecule has 0 aromatic carbocycles. The van der Waals surface area contributed by atoms with Crippen molar-refractivity contribution >= 4 is 0 Å². The molecule has 0 aromatic heterocycles. The third-order valence-electron chi connectivity index (χ3n) is 3.88. The summed E-state index contributed by atoms with van der Waals surface area (Å²) >= 11 is 0. The Morgan fingerprint density at radius 1 is 0.958 bits per heavy atom. The molecule has 1 N–H and O–H groups in total. The van der Waals surface area contributed by atoms with Gasteiger partial charge in [-0.25, -0.2) is 0 Å². The van der Waals surface area contributed by atoms with Gasteiger partial charge in [-0.05, 0) is 76.1 Å². The minimum atomic E-state index is 0.00741. The smallest absolute Gasteiger partial charge is 0.0854 e. The quantitative estimate of drug-likeness (QED) is 0.178. The summed E-state index contributed by atoms with van der Waals surface area (Å²) in [5, 5.41) is 12.3. The van der Waals surface area contributed by atoms with Crippen LogP contribution >= 0.6 is 0 Å². The SMILES string of the molecule is CCCCCC(=C/CO)/C=C(\CC/C=C(\C)CCC=C(C)C)N=O. The van der Waals surface area contributed by atoms with E-state index in [-0.39, 0.29) is 6.61 Å². The molecule has 0 saturated heterocycles. The van der Waals surface area contributed by atoms with Crippen LogP contribution in [-0.2, 0) is 0 Å². The molecular weight excluding hydrogens is 298 g/mol. The molecular formula is C21H35NO2. The van der Waals surface area contributed by atoms with Crippen molar-refractivity contribution in [2.45, 2.75) is 79.1 Å². The van der Waals surface area contributed by atoms with Gasteiger partial charge in [0.25, 0.3) is 0 Å². The first-order valence-corrected chi connectivity index (χ1v) is 9.16. The van der Waals surface area contributed by atoms with Gasteiger partial charge in [-0.3, -0.25) is 0 Å². The van der Waals surface area contributed by atoms with E-state index in [2.05, 4.69) is 45.0 Å². The van der Waals surface area contributed by atoms with E-state index < -0.39 is 0 Å². The minimum Gasteiger partial charge on any atom is -0.392 e. The summed E-state index contributed by atoms with van der Waals surface area (Å²) in [6.45, 7) is 8.54. The maximum absolute atomic E-state index is 11.1. The highest BCUT2D eigenvalue weighted by atomic mass is 16.3. The zero-order valence-corrected chi connectivity index (χ0v) is 16.0. The highest BCUT2D eigenvalue weighted by molar-refractivity contribution is 5.23. The van der Waals surface area contributed by atoms with Crippen molar-refractivity contribution in [1.82, 2.24) is 0 Å². The number of rotatable bonds is 13. The highest BCUT2D eigenvalue weighted by Crippen LogP contribution is 2.17. The molecule has 0 heterocycles. The maximum atomic E-state index is 11.1. The first-order valence-electron chi connectivity index (χ1n) is 9.16. The molecule has 24 heavy (non-hydrogen) atoms. The van der Waals surface area contributed by atoms with Crippen LogP contribution < -0.4 is 0 Å². The van der Waals surface area contributed by atoms with Crippen LogP contribution in [0.4, 0.5) is 0 Å². The van der Waals surface area contributed by atoms with Gasteiger partial charge in [-0.2, -0.15) is 0 Å². The van der Waals surface area contributed by atoms with Gasteiger partial charge in [-0.1, -0.05) is 49.1 Å². The van der Waals surface area contributed by atoms with Gasteiger partial charge in [0.15, 0.2) is 0 Å². The lowest BCUT2D eigenvalue weighted by Crippen LogP contribution is -1.88. The van der Waals surface area contributed by atoms with Crippen molar-refractivity contribution in [3.8, 4) is 0 Å². The summed E-state index contributed by atoms with van der Waals surface area (Å²) in [6.07, 6.45) is 16.0. The predicted octanol–water partition coefficient (Wildman–Crippen LogP) is 6.61. The van der Waals surface area contributed by atoms with E-state index in [0.29, 0.717) is 12.1 Å². The number of hydrogen-bond acceptors (Lipinski definition) is 3. The van der Waals surface area contributed by atoms with Gasteiger partial charge in [0.2, 0.25) is 0 Å². The van der Waals surface area contributed by atoms with Crippen LogP contribution in [-0.4, -0.2) is 11.7 Å². The lowest BCUT2D eigenvalue weighted by atomic mass is 10.0. The van der Waals surface area contributed by atoms with E-state index in [4.69, 9.17) is 5.11 Å². The number of hydrogen-bond donors (Lipinski definition) is 1. The average molecular weight is 334 g/mol. The number of unbranched alkanes of at least 4 members (excludes halogenated alkanes) is 2. The molecule has 0 aromatic rings. The molecule has 3 nitrogen and oxygen atoms in total. The van der Waals surface area contributed by atoms with Crippen molar-refractivity contribution < 1.29 is 5.11 Å². The molecule has 0 bridgehead atoms. The zero-order chi connectivity index (χ0) is 18.2. The van der Waals surface area contributed by atoms with E-state index in [0.717, 1.165) is 50.5 Å². The number of nitroso groups, excluding NO2 is 1. The fourth-order valence-corrected chi connectivity index (χ4v) is 2.44. The van der Waals surface area contributed by atoms with E-state index in [1.54, 1.807) is 6.08 Å². The molecule has 0 aliphatic rings. The number of aliphatic hydroxyl groups is 1. The van der Waals surface area contributed by atoms with Crippen molar-refractivity contribution in [3.05, 3.63) is 51.6 Å². The second-order valence-electron chi connectivity index (χ2n) is 6.55. The Morgan fingerprint density at radius 3 is 2.25 bits per heavy atom. The van der Waals surface area contributed by atoms with Gasteiger partial charge in [0.05, 0.1) is 12.3 Å². The lowest BCUT2D eigenvalue weighted by molar-refractivity contribution is 0.341. The van der Waals surface area contributed by atoms with E-state index in [1.165, 1.54) is 11.1 Å². The molecule has 0 radical (unpaired) electrons. The zero-order valence-electron chi connectivity index (χ0n) is 16.0. The van der Waals surface area contributed by atoms with Crippen LogP contribution in [0.5, 0.6) is 0 Å². The van der Waals surface area contributed by atoms with Crippen LogP contribution in [0.3, 0.4) is 0 Å². The standard InChI is InChI=1S/C21H35NO2/c1-5-6-7-13-20(15-16-23)17-21(22-24)14-9-12-19(4)11-8-10-18(2)3/h10,12,15,17,23H,5-9,11,13-14,16H2,1-4H3/b19-12+,20-15-,21-17+. The van der Waals surface area contributed by atoms with Crippen LogP contribution in [0.25, 0.3) is 0 Å². The van der Waals surface area contributed by atoms with Crippen molar-refractivity contribution in [3.63, 3.8) is 0 Å². The van der Waals surface area contributed by atoms with Crippen molar-refractivity contribution in [2.24, 2.45) is 5.18 Å². The van der Waals surface area contributed by atoms with E-state index >= 15 is 0 Å². The van der Waals surface area contributed by atoms with Gasteiger partial charge >= 0.3 is 0 Å². The summed E-state index contributed by atoms with van der Waals surface area (Å²) in [5.41, 5.74) is 4.29. The van der Waals surface area contributed by atoms with Crippen LogP contribution in [0.2, 0.25) is 0 Å². The molecule has 0 atom stereocenters. The normalized spacial score (nSPS) is 13.1. The average Bonchev–Trinajstić information content (AvgIpc) is 2.53. The molecule has 0 spiro atoms. The van der Waals surface area contributed by atoms with Gasteiger partial charge in [0, 0.05) is 0 Å². The fourth-order valence-electron chi connectivity index (χ4n) is 2.44. The fraction of sp³-hybridized carbons (Fsp3) is 0.619. The third-order valence-corrected chi connectivity index (χ3v) is 3.88. The van der Waals surface area contributed by atoms with Gasteiger partial charge in [-0.15, -0.1) is 4.91 Å².